The summed E-state index contributed by atoms with van der Waals surface area (Å²) >= 11 is 0. The Bertz CT molecular complexity index is 400. The van der Waals surface area contributed by atoms with Crippen molar-refractivity contribution in [3.63, 3.8) is 0 Å². The smallest absolute Gasteiger partial charge is 0.122 e. The number of hydrogen-bond acceptors (Lipinski definition) is 4. The van der Waals surface area contributed by atoms with Crippen molar-refractivity contribution in [3.8, 4) is 11.5 Å². The van der Waals surface area contributed by atoms with E-state index < -0.39 is 0 Å². The Morgan fingerprint density at radius 3 is 2.26 bits per heavy atom. The maximum absolute atomic E-state index is 5.88. The molecule has 1 heterocycles. The van der Waals surface area contributed by atoms with Crippen LogP contribution in [-0.4, -0.2) is 34.0 Å². The fraction of sp³-hybridized carbons (Fsp3) is 0.600. The Balaban J connectivity index is 2.31. The molecule has 106 valence electrons. The molecule has 4 heteroatoms. The van der Waals surface area contributed by atoms with E-state index in [1.807, 2.05) is 25.2 Å². The molecule has 0 bridgehead atoms. The molecule has 0 amide bonds. The number of benzene rings is 1. The zero-order chi connectivity index (χ0) is 13.8. The SMILES string of the molecule is CNC(c1cc(OC)cc(OC)c1)C1OCCC1C. The molecule has 1 fully saturated rings. The third-order valence-corrected chi connectivity index (χ3v) is 3.82. The van der Waals surface area contributed by atoms with E-state index in [-0.39, 0.29) is 12.1 Å². The molecule has 3 unspecified atom stereocenters. The number of ether oxygens (including phenoxy) is 3. The van der Waals surface area contributed by atoms with Crippen LogP contribution in [0.5, 0.6) is 11.5 Å². The Labute approximate surface area is 115 Å². The fourth-order valence-electron chi connectivity index (χ4n) is 2.67. The molecule has 19 heavy (non-hydrogen) atoms. The first-order valence-electron chi connectivity index (χ1n) is 6.71. The molecule has 1 aliphatic rings. The van der Waals surface area contributed by atoms with Gasteiger partial charge in [-0.25, -0.2) is 0 Å². The Kier molecular flexibility index (Phi) is 4.66. The average Bonchev–Trinajstić information content (AvgIpc) is 2.85. The van der Waals surface area contributed by atoms with E-state index in [0.29, 0.717) is 5.92 Å². The number of hydrogen-bond donors (Lipinski definition) is 1. The van der Waals surface area contributed by atoms with Crippen LogP contribution in [-0.2, 0) is 4.74 Å². The van der Waals surface area contributed by atoms with Crippen LogP contribution in [0.25, 0.3) is 0 Å². The van der Waals surface area contributed by atoms with Crippen molar-refractivity contribution in [2.45, 2.75) is 25.5 Å². The highest BCUT2D eigenvalue weighted by atomic mass is 16.5. The van der Waals surface area contributed by atoms with Crippen molar-refractivity contribution >= 4 is 0 Å². The van der Waals surface area contributed by atoms with Gasteiger partial charge in [0.1, 0.15) is 11.5 Å². The largest absolute Gasteiger partial charge is 0.497 e. The highest BCUT2D eigenvalue weighted by molar-refractivity contribution is 5.40. The minimum absolute atomic E-state index is 0.154. The molecular weight excluding hydrogens is 242 g/mol. The van der Waals surface area contributed by atoms with Crippen molar-refractivity contribution in [2.75, 3.05) is 27.9 Å². The van der Waals surface area contributed by atoms with Crippen LogP contribution in [0.3, 0.4) is 0 Å². The number of rotatable bonds is 5. The zero-order valence-electron chi connectivity index (χ0n) is 12.1. The molecular formula is C15H23NO3. The third-order valence-electron chi connectivity index (χ3n) is 3.82. The summed E-state index contributed by atoms with van der Waals surface area (Å²) in [7, 11) is 5.30. The molecule has 1 aliphatic heterocycles. The van der Waals surface area contributed by atoms with Crippen LogP contribution in [0.2, 0.25) is 0 Å². The molecule has 0 spiro atoms. The van der Waals surface area contributed by atoms with Gasteiger partial charge in [0.2, 0.25) is 0 Å². The second kappa shape index (κ2) is 6.26. The third kappa shape index (κ3) is 3.01. The molecule has 0 aromatic heterocycles. The van der Waals surface area contributed by atoms with Gasteiger partial charge in [-0.15, -0.1) is 0 Å². The second-order valence-corrected chi connectivity index (χ2v) is 5.01. The summed E-state index contributed by atoms with van der Waals surface area (Å²) in [5, 5.41) is 3.36. The Hall–Kier alpha value is -1.26. The van der Waals surface area contributed by atoms with E-state index >= 15 is 0 Å². The topological polar surface area (TPSA) is 39.7 Å². The monoisotopic (exact) mass is 265 g/mol. The van der Waals surface area contributed by atoms with Gasteiger partial charge < -0.3 is 19.5 Å². The van der Waals surface area contributed by atoms with Crippen LogP contribution >= 0.6 is 0 Å². The molecule has 0 aliphatic carbocycles. The lowest BCUT2D eigenvalue weighted by atomic mass is 9.92. The fourth-order valence-corrected chi connectivity index (χ4v) is 2.67. The van der Waals surface area contributed by atoms with Gasteiger partial charge in [0.15, 0.2) is 0 Å². The molecule has 1 saturated heterocycles. The highest BCUT2D eigenvalue weighted by Crippen LogP contribution is 2.34. The predicted octanol–water partition coefficient (Wildman–Crippen LogP) is 2.39. The summed E-state index contributed by atoms with van der Waals surface area (Å²) in [6, 6.07) is 6.12. The van der Waals surface area contributed by atoms with Gasteiger partial charge in [-0.1, -0.05) is 6.92 Å². The van der Waals surface area contributed by atoms with Crippen LogP contribution < -0.4 is 14.8 Å². The normalized spacial score (nSPS) is 24.2. The van der Waals surface area contributed by atoms with Gasteiger partial charge in [0.25, 0.3) is 0 Å². The maximum Gasteiger partial charge on any atom is 0.122 e. The van der Waals surface area contributed by atoms with Crippen LogP contribution in [0.15, 0.2) is 18.2 Å². The van der Waals surface area contributed by atoms with Crippen molar-refractivity contribution in [3.05, 3.63) is 23.8 Å². The van der Waals surface area contributed by atoms with Crippen molar-refractivity contribution < 1.29 is 14.2 Å². The molecule has 1 aromatic carbocycles. The van der Waals surface area contributed by atoms with Crippen LogP contribution in [0.4, 0.5) is 0 Å². The minimum atomic E-state index is 0.154. The van der Waals surface area contributed by atoms with E-state index in [1.165, 1.54) is 0 Å². The standard InChI is InChI=1S/C15H23NO3/c1-10-5-6-19-15(10)14(16-2)11-7-12(17-3)9-13(8-11)18-4/h7-10,14-16H,5-6H2,1-4H3. The first-order chi connectivity index (χ1) is 9.19. The number of nitrogens with one attached hydrogen (secondary N) is 1. The lowest BCUT2D eigenvalue weighted by Gasteiger charge is -2.26. The molecule has 3 atom stereocenters. The summed E-state index contributed by atoms with van der Waals surface area (Å²) < 4.78 is 16.5. The van der Waals surface area contributed by atoms with E-state index in [1.54, 1.807) is 14.2 Å². The van der Waals surface area contributed by atoms with Crippen LogP contribution in [0.1, 0.15) is 24.9 Å². The summed E-state index contributed by atoms with van der Waals surface area (Å²) in [5.41, 5.74) is 1.14. The number of likely N-dealkylation sites (N-methyl/N-ethyl adjacent to an activating group) is 1. The van der Waals surface area contributed by atoms with E-state index in [4.69, 9.17) is 14.2 Å². The van der Waals surface area contributed by atoms with E-state index in [2.05, 4.69) is 12.2 Å². The highest BCUT2D eigenvalue weighted by Gasteiger charge is 2.32. The molecule has 4 nitrogen and oxygen atoms in total. The van der Waals surface area contributed by atoms with E-state index in [9.17, 15) is 0 Å². The van der Waals surface area contributed by atoms with Gasteiger partial charge in [-0.05, 0) is 37.1 Å². The first kappa shape index (κ1) is 14.2. The molecule has 0 radical (unpaired) electrons. The average molecular weight is 265 g/mol. The Morgan fingerprint density at radius 1 is 1.21 bits per heavy atom. The first-order valence-corrected chi connectivity index (χ1v) is 6.71. The molecule has 2 rings (SSSR count). The minimum Gasteiger partial charge on any atom is -0.497 e. The summed E-state index contributed by atoms with van der Waals surface area (Å²) in [6.45, 7) is 3.07. The Morgan fingerprint density at radius 2 is 1.84 bits per heavy atom. The quantitative estimate of drug-likeness (QED) is 0.887. The van der Waals surface area contributed by atoms with Gasteiger partial charge in [0.05, 0.1) is 26.4 Å². The van der Waals surface area contributed by atoms with E-state index in [0.717, 1.165) is 30.1 Å². The van der Waals surface area contributed by atoms with Gasteiger partial charge in [-0.3, -0.25) is 0 Å². The van der Waals surface area contributed by atoms with Gasteiger partial charge in [0, 0.05) is 12.7 Å². The maximum atomic E-state index is 5.88. The van der Waals surface area contributed by atoms with Crippen molar-refractivity contribution in [1.29, 1.82) is 0 Å². The predicted molar refractivity (Wildman–Crippen MR) is 74.9 cm³/mol. The van der Waals surface area contributed by atoms with Gasteiger partial charge in [-0.2, -0.15) is 0 Å². The van der Waals surface area contributed by atoms with Crippen LogP contribution in [0, 0.1) is 5.92 Å². The molecule has 0 saturated carbocycles. The summed E-state index contributed by atoms with van der Waals surface area (Å²) in [4.78, 5) is 0. The zero-order valence-corrected chi connectivity index (χ0v) is 12.1. The number of methoxy groups -OCH3 is 2. The lowest BCUT2D eigenvalue weighted by molar-refractivity contribution is 0.0630. The van der Waals surface area contributed by atoms with Crippen molar-refractivity contribution in [2.24, 2.45) is 5.92 Å². The molecule has 1 aromatic rings. The molecule has 1 N–H and O–H groups in total. The lowest BCUT2D eigenvalue weighted by Crippen LogP contribution is -2.32. The van der Waals surface area contributed by atoms with Gasteiger partial charge >= 0.3 is 0 Å². The summed E-state index contributed by atoms with van der Waals surface area (Å²) in [5.74, 6) is 2.16. The van der Waals surface area contributed by atoms with Crippen molar-refractivity contribution in [1.82, 2.24) is 5.32 Å². The second-order valence-electron chi connectivity index (χ2n) is 5.01. The summed E-state index contributed by atoms with van der Waals surface area (Å²) in [6.07, 6.45) is 1.31.